The molecule has 5 nitrogen and oxygen atoms in total. The molecule has 6 heteroatoms. The normalized spacial score (nSPS) is 10.1. The lowest BCUT2D eigenvalue weighted by molar-refractivity contribution is 0.411. The summed E-state index contributed by atoms with van der Waals surface area (Å²) in [4.78, 5) is 0. The fourth-order valence-electron chi connectivity index (χ4n) is 1.11. The Morgan fingerprint density at radius 1 is 1.43 bits per heavy atom. The van der Waals surface area contributed by atoms with Crippen molar-refractivity contribution < 1.29 is 4.74 Å². The second-order valence-corrected chi connectivity index (χ2v) is 3.34. The average Bonchev–Trinajstić information content (AvgIpc) is 2.71. The van der Waals surface area contributed by atoms with Gasteiger partial charge in [-0.3, -0.25) is 0 Å². The third-order valence-electron chi connectivity index (χ3n) is 1.76. The highest BCUT2D eigenvalue weighted by molar-refractivity contribution is 9.10. The molecule has 2 aromatic rings. The van der Waals surface area contributed by atoms with Crippen LogP contribution in [0.2, 0.25) is 0 Å². The number of tetrazole rings is 1. The molecule has 72 valence electrons. The maximum atomic E-state index is 5.15. The highest BCUT2D eigenvalue weighted by Gasteiger charge is 2.07. The number of ether oxygens (including phenoxy) is 1. The van der Waals surface area contributed by atoms with Gasteiger partial charge >= 0.3 is 0 Å². The molecular weight excluding hydrogens is 248 g/mol. The Bertz CT molecular complexity index is 429. The number of methoxy groups -OCH3 is 1. The van der Waals surface area contributed by atoms with Gasteiger partial charge in [0.25, 0.3) is 0 Å². The molecule has 0 amide bonds. The number of rotatable bonds is 2. The molecular formula is C8H7BrN4O. The number of benzene rings is 1. The predicted molar refractivity (Wildman–Crippen MR) is 53.4 cm³/mol. The summed E-state index contributed by atoms with van der Waals surface area (Å²) in [5.74, 6) is 0.748. The molecule has 0 N–H and O–H groups in total. The summed E-state index contributed by atoms with van der Waals surface area (Å²) in [5, 5.41) is 10.9. The van der Waals surface area contributed by atoms with Gasteiger partial charge in [-0.2, -0.15) is 4.68 Å². The molecule has 0 saturated carbocycles. The van der Waals surface area contributed by atoms with Gasteiger partial charge in [-0.05, 0) is 38.5 Å². The first-order valence-electron chi connectivity index (χ1n) is 3.89. The predicted octanol–water partition coefficient (Wildman–Crippen LogP) is 1.43. The van der Waals surface area contributed by atoms with E-state index < -0.39 is 0 Å². The lowest BCUT2D eigenvalue weighted by atomic mass is 10.3. The summed E-state index contributed by atoms with van der Waals surface area (Å²) < 4.78 is 7.55. The zero-order chi connectivity index (χ0) is 9.97. The van der Waals surface area contributed by atoms with Crippen molar-refractivity contribution in [2.45, 2.75) is 0 Å². The van der Waals surface area contributed by atoms with Crippen molar-refractivity contribution in [2.24, 2.45) is 0 Å². The van der Waals surface area contributed by atoms with E-state index in [9.17, 15) is 0 Å². The minimum atomic E-state index is 0.748. The van der Waals surface area contributed by atoms with Crippen LogP contribution >= 0.6 is 15.9 Å². The molecule has 0 unspecified atom stereocenters. The van der Waals surface area contributed by atoms with E-state index in [1.54, 1.807) is 11.8 Å². The van der Waals surface area contributed by atoms with Gasteiger partial charge < -0.3 is 4.74 Å². The number of nitrogens with zero attached hydrogens (tertiary/aromatic N) is 4. The van der Waals surface area contributed by atoms with E-state index in [0.29, 0.717) is 0 Å². The Balaban J connectivity index is 2.54. The summed E-state index contributed by atoms with van der Waals surface area (Å²) in [5.41, 5.74) is 0.842. The minimum Gasteiger partial charge on any atom is -0.495 e. The average molecular weight is 255 g/mol. The van der Waals surface area contributed by atoms with Crippen LogP contribution in [-0.2, 0) is 0 Å². The lowest BCUT2D eigenvalue weighted by Crippen LogP contribution is -1.97. The van der Waals surface area contributed by atoms with E-state index in [1.165, 1.54) is 6.33 Å². The van der Waals surface area contributed by atoms with Gasteiger partial charge in [-0.1, -0.05) is 6.07 Å². The van der Waals surface area contributed by atoms with Crippen molar-refractivity contribution in [3.63, 3.8) is 0 Å². The van der Waals surface area contributed by atoms with Crippen molar-refractivity contribution in [1.82, 2.24) is 20.2 Å². The molecule has 0 bridgehead atoms. The van der Waals surface area contributed by atoms with Crippen LogP contribution in [0.1, 0.15) is 0 Å². The topological polar surface area (TPSA) is 52.8 Å². The second-order valence-electron chi connectivity index (χ2n) is 2.55. The smallest absolute Gasteiger partial charge is 0.143 e. The van der Waals surface area contributed by atoms with Gasteiger partial charge in [-0.25, -0.2) is 0 Å². The number of aromatic nitrogens is 4. The quantitative estimate of drug-likeness (QED) is 0.814. The molecule has 1 aromatic heterocycles. The fraction of sp³-hybridized carbons (Fsp3) is 0.125. The Morgan fingerprint density at radius 3 is 2.93 bits per heavy atom. The van der Waals surface area contributed by atoms with Gasteiger partial charge in [0.15, 0.2) is 0 Å². The van der Waals surface area contributed by atoms with Crippen LogP contribution in [0.5, 0.6) is 5.75 Å². The van der Waals surface area contributed by atoms with Crippen molar-refractivity contribution in [2.75, 3.05) is 7.11 Å². The van der Waals surface area contributed by atoms with Crippen LogP contribution in [-0.4, -0.2) is 27.3 Å². The maximum Gasteiger partial charge on any atom is 0.143 e. The van der Waals surface area contributed by atoms with Crippen LogP contribution in [0.3, 0.4) is 0 Å². The lowest BCUT2D eigenvalue weighted by Gasteiger charge is -2.06. The third-order valence-corrected chi connectivity index (χ3v) is 2.56. The highest BCUT2D eigenvalue weighted by atomic mass is 79.9. The molecule has 14 heavy (non-hydrogen) atoms. The summed E-state index contributed by atoms with van der Waals surface area (Å²) in [6.07, 6.45) is 1.53. The first kappa shape index (κ1) is 9.14. The van der Waals surface area contributed by atoms with Gasteiger partial charge in [0.1, 0.15) is 12.1 Å². The van der Waals surface area contributed by atoms with Gasteiger partial charge in [-0.15, -0.1) is 5.10 Å². The van der Waals surface area contributed by atoms with Crippen LogP contribution in [0.25, 0.3) is 5.69 Å². The minimum absolute atomic E-state index is 0.748. The summed E-state index contributed by atoms with van der Waals surface area (Å²) >= 11 is 3.42. The van der Waals surface area contributed by atoms with Gasteiger partial charge in [0.2, 0.25) is 0 Å². The van der Waals surface area contributed by atoms with Crippen molar-refractivity contribution in [1.29, 1.82) is 0 Å². The number of halogens is 1. The van der Waals surface area contributed by atoms with Crippen LogP contribution in [0.4, 0.5) is 0 Å². The first-order chi connectivity index (χ1) is 6.83. The Hall–Kier alpha value is -1.43. The van der Waals surface area contributed by atoms with Crippen LogP contribution < -0.4 is 4.74 Å². The zero-order valence-electron chi connectivity index (χ0n) is 7.38. The Labute approximate surface area is 88.8 Å². The van der Waals surface area contributed by atoms with E-state index in [2.05, 4.69) is 31.5 Å². The van der Waals surface area contributed by atoms with E-state index in [-0.39, 0.29) is 0 Å². The van der Waals surface area contributed by atoms with Gasteiger partial charge in [0, 0.05) is 0 Å². The molecule has 0 fully saturated rings. The first-order valence-corrected chi connectivity index (χ1v) is 4.68. The monoisotopic (exact) mass is 254 g/mol. The summed E-state index contributed by atoms with van der Waals surface area (Å²) in [6, 6.07) is 5.63. The van der Waals surface area contributed by atoms with Gasteiger partial charge in [0.05, 0.1) is 17.3 Å². The maximum absolute atomic E-state index is 5.15. The molecule has 0 aliphatic rings. The highest BCUT2D eigenvalue weighted by Crippen LogP contribution is 2.29. The molecule has 1 heterocycles. The SMILES string of the molecule is COc1cccc(-n2cnnn2)c1Br. The van der Waals surface area contributed by atoms with Crippen molar-refractivity contribution >= 4 is 15.9 Å². The standard InChI is InChI=1S/C8H7BrN4O/c1-14-7-4-2-3-6(8(7)9)13-5-10-11-12-13/h2-5H,1H3. The molecule has 0 atom stereocenters. The van der Waals surface area contributed by atoms with E-state index in [1.807, 2.05) is 18.2 Å². The Morgan fingerprint density at radius 2 is 2.29 bits per heavy atom. The van der Waals surface area contributed by atoms with Crippen LogP contribution in [0.15, 0.2) is 29.0 Å². The number of hydrogen-bond donors (Lipinski definition) is 0. The van der Waals surface area contributed by atoms with E-state index >= 15 is 0 Å². The second kappa shape index (κ2) is 3.75. The number of hydrogen-bond acceptors (Lipinski definition) is 4. The molecule has 0 saturated heterocycles. The summed E-state index contributed by atoms with van der Waals surface area (Å²) in [6.45, 7) is 0. The third kappa shape index (κ3) is 1.48. The van der Waals surface area contributed by atoms with Crippen molar-refractivity contribution in [3.05, 3.63) is 29.0 Å². The van der Waals surface area contributed by atoms with E-state index in [4.69, 9.17) is 4.74 Å². The molecule has 1 aromatic carbocycles. The fourth-order valence-corrected chi connectivity index (χ4v) is 1.71. The van der Waals surface area contributed by atoms with Crippen molar-refractivity contribution in [3.8, 4) is 11.4 Å². The Kier molecular flexibility index (Phi) is 2.45. The molecule has 0 radical (unpaired) electrons. The molecule has 2 rings (SSSR count). The molecule has 0 aliphatic heterocycles. The largest absolute Gasteiger partial charge is 0.495 e. The molecule has 0 aliphatic carbocycles. The molecule has 0 spiro atoms. The zero-order valence-corrected chi connectivity index (χ0v) is 8.97. The summed E-state index contributed by atoms with van der Waals surface area (Å²) in [7, 11) is 1.61. The van der Waals surface area contributed by atoms with E-state index in [0.717, 1.165) is 15.9 Å². The van der Waals surface area contributed by atoms with Crippen LogP contribution in [0, 0.1) is 0 Å².